The van der Waals surface area contributed by atoms with E-state index >= 15 is 0 Å². The Morgan fingerprint density at radius 2 is 0.487 bits per heavy atom. The molecule has 0 bridgehead atoms. The maximum absolute atomic E-state index is 6.01. The van der Waals surface area contributed by atoms with Gasteiger partial charge in [-0.1, -0.05) is 255 Å². The third-order valence-electron chi connectivity index (χ3n) is 15.6. The molecular formula is C68H48N8Si2. The smallest absolute Gasteiger partial charge is 0.323 e. The van der Waals surface area contributed by atoms with Gasteiger partial charge in [0.25, 0.3) is 0 Å². The fraction of sp³-hybridized carbons (Fsp3) is 0. The van der Waals surface area contributed by atoms with Crippen molar-refractivity contribution >= 4 is 93.0 Å². The Kier molecular flexibility index (Phi) is 10.7. The van der Waals surface area contributed by atoms with E-state index in [1.54, 1.807) is 0 Å². The van der Waals surface area contributed by atoms with E-state index < -0.39 is 16.8 Å². The van der Waals surface area contributed by atoms with Crippen LogP contribution >= 0.6 is 0 Å². The average Bonchev–Trinajstić information content (AvgIpc) is 3.23. The number of aromatic nitrogens is 6. The van der Waals surface area contributed by atoms with Crippen LogP contribution in [0.3, 0.4) is 0 Å². The summed E-state index contributed by atoms with van der Waals surface area (Å²) in [5, 5.41) is 9.22. The number of nitrogens with zero attached hydrogens (tertiary/aromatic N) is 8. The number of rotatable bonds is 10. The molecule has 0 saturated carbocycles. The molecule has 10 heteroatoms. The molecular weight excluding hydrogens is 985 g/mol. The van der Waals surface area contributed by atoms with Crippen molar-refractivity contribution in [1.29, 1.82) is 0 Å². The summed E-state index contributed by atoms with van der Waals surface area (Å²) in [6.45, 7) is 0. The van der Waals surface area contributed by atoms with Gasteiger partial charge in [0.1, 0.15) is 11.6 Å². The maximum atomic E-state index is 6.01. The second-order valence-electron chi connectivity index (χ2n) is 19.8. The standard InChI is InChI=1S/C68H48N8Si2/c1-7-27-49(28-8-1)59-47-65(73-61-43-23-19-39-55(61)56-40-20-24-44-62(56)73)71-67(69-59)75-77(51-31-11-3-12-32-51,52-33-13-4-14-34-52)76(78(75,53-35-15-5-16-36-53)54-37-17-6-18-38-54)68-70-60(50-29-9-2-10-30-50)48-66(72-68)74-63-45-25-21-41-57(63)58-42-22-26-46-64(58)74/h1-48H. The molecule has 14 aromatic rings. The summed E-state index contributed by atoms with van der Waals surface area (Å²) in [4.78, 5) is 23.8. The summed E-state index contributed by atoms with van der Waals surface area (Å²) < 4.78 is 10.1. The highest BCUT2D eigenvalue weighted by molar-refractivity contribution is 7.38. The van der Waals surface area contributed by atoms with Gasteiger partial charge in [-0.15, -0.1) is 0 Å². The van der Waals surface area contributed by atoms with Crippen molar-refractivity contribution in [3.05, 3.63) is 291 Å². The van der Waals surface area contributed by atoms with Crippen LogP contribution < -0.4 is 29.2 Å². The molecule has 4 aromatic heterocycles. The van der Waals surface area contributed by atoms with Crippen molar-refractivity contribution in [2.24, 2.45) is 0 Å². The third kappa shape index (κ3) is 6.83. The van der Waals surface area contributed by atoms with Crippen LogP contribution in [0.4, 0.5) is 11.9 Å². The van der Waals surface area contributed by atoms with Gasteiger partial charge >= 0.3 is 16.8 Å². The monoisotopic (exact) mass is 1030 g/mol. The summed E-state index contributed by atoms with van der Waals surface area (Å²) in [5.41, 5.74) is 7.91. The Morgan fingerprint density at radius 1 is 0.244 bits per heavy atom. The molecule has 0 amide bonds. The van der Waals surface area contributed by atoms with Crippen molar-refractivity contribution in [2.45, 2.75) is 0 Å². The second-order valence-corrected chi connectivity index (χ2v) is 27.5. The van der Waals surface area contributed by atoms with Gasteiger partial charge in [-0.2, -0.15) is 9.97 Å². The minimum atomic E-state index is -3.75. The van der Waals surface area contributed by atoms with Crippen molar-refractivity contribution < 1.29 is 0 Å². The van der Waals surface area contributed by atoms with Gasteiger partial charge in [-0.3, -0.25) is 9.13 Å². The van der Waals surface area contributed by atoms with Crippen LogP contribution in [-0.4, -0.2) is 45.9 Å². The van der Waals surface area contributed by atoms with Gasteiger partial charge in [0.2, 0.25) is 11.9 Å². The molecule has 1 aliphatic rings. The first kappa shape index (κ1) is 45.4. The first-order chi connectivity index (χ1) is 38.7. The molecule has 10 aromatic carbocycles. The lowest BCUT2D eigenvalue weighted by atomic mass is 10.1. The van der Waals surface area contributed by atoms with E-state index in [1.165, 1.54) is 0 Å². The molecule has 0 radical (unpaired) electrons. The normalized spacial score (nSPS) is 13.8. The topological polar surface area (TPSA) is 67.9 Å². The first-order valence-corrected chi connectivity index (χ1v) is 30.2. The van der Waals surface area contributed by atoms with Gasteiger partial charge < -0.3 is 8.46 Å². The first-order valence-electron chi connectivity index (χ1n) is 26.4. The largest absolute Gasteiger partial charge is 0.346 e. The third-order valence-corrected chi connectivity index (χ3v) is 27.4. The predicted molar refractivity (Wildman–Crippen MR) is 324 cm³/mol. The zero-order valence-corrected chi connectivity index (χ0v) is 44.3. The fourth-order valence-electron chi connectivity index (χ4n) is 12.4. The van der Waals surface area contributed by atoms with Crippen molar-refractivity contribution in [1.82, 2.24) is 29.1 Å². The van der Waals surface area contributed by atoms with E-state index in [9.17, 15) is 0 Å². The molecule has 0 aliphatic carbocycles. The number of para-hydroxylation sites is 4. The van der Waals surface area contributed by atoms with Crippen LogP contribution in [0, 0.1) is 0 Å². The lowest BCUT2D eigenvalue weighted by molar-refractivity contribution is 0.987. The van der Waals surface area contributed by atoms with E-state index in [4.69, 9.17) is 19.9 Å². The molecule has 368 valence electrons. The lowest BCUT2D eigenvalue weighted by Gasteiger charge is -2.70. The van der Waals surface area contributed by atoms with E-state index in [-0.39, 0.29) is 0 Å². The van der Waals surface area contributed by atoms with Gasteiger partial charge in [-0.25, -0.2) is 9.97 Å². The molecule has 0 spiro atoms. The van der Waals surface area contributed by atoms with E-state index in [0.717, 1.165) is 98.5 Å². The van der Waals surface area contributed by atoms with E-state index in [2.05, 4.69) is 309 Å². The van der Waals surface area contributed by atoms with Gasteiger partial charge in [0, 0.05) is 44.8 Å². The summed E-state index contributed by atoms with van der Waals surface area (Å²) >= 11 is 0. The Labute approximate surface area is 453 Å². The number of hydrogen-bond donors (Lipinski definition) is 0. The Morgan fingerprint density at radius 3 is 0.769 bits per heavy atom. The highest BCUT2D eigenvalue weighted by Crippen LogP contribution is 2.46. The fourth-order valence-corrected chi connectivity index (χ4v) is 27.1. The van der Waals surface area contributed by atoms with Crippen molar-refractivity contribution in [3.63, 3.8) is 0 Å². The summed E-state index contributed by atoms with van der Waals surface area (Å²) in [6.07, 6.45) is 0. The molecule has 5 heterocycles. The quantitative estimate of drug-likeness (QED) is 0.127. The van der Waals surface area contributed by atoms with Crippen LogP contribution in [0.25, 0.3) is 77.8 Å². The molecule has 1 saturated heterocycles. The maximum Gasteiger partial charge on any atom is 0.323 e. The molecule has 1 aliphatic heterocycles. The van der Waals surface area contributed by atoms with Gasteiger partial charge in [0.15, 0.2) is 0 Å². The molecule has 0 atom stereocenters. The zero-order valence-electron chi connectivity index (χ0n) is 42.3. The zero-order chi connectivity index (χ0) is 51.6. The van der Waals surface area contributed by atoms with Crippen LogP contribution in [0.15, 0.2) is 291 Å². The van der Waals surface area contributed by atoms with Crippen LogP contribution in [0.5, 0.6) is 0 Å². The van der Waals surface area contributed by atoms with Gasteiger partial charge in [-0.05, 0) is 45.0 Å². The molecule has 0 N–H and O–H groups in total. The predicted octanol–water partition coefficient (Wildman–Crippen LogP) is 12.6. The van der Waals surface area contributed by atoms with Crippen molar-refractivity contribution in [3.8, 4) is 34.2 Å². The number of hydrogen-bond acceptors (Lipinski definition) is 6. The lowest BCUT2D eigenvalue weighted by Crippen LogP contribution is -3.08. The average molecular weight is 1030 g/mol. The molecule has 0 unspecified atom stereocenters. The van der Waals surface area contributed by atoms with Crippen LogP contribution in [0.1, 0.15) is 0 Å². The highest BCUT2D eigenvalue weighted by atomic mass is 28.5. The van der Waals surface area contributed by atoms with Crippen LogP contribution in [0.2, 0.25) is 0 Å². The number of anilines is 2. The molecule has 78 heavy (non-hydrogen) atoms. The van der Waals surface area contributed by atoms with Crippen molar-refractivity contribution in [2.75, 3.05) is 8.46 Å². The molecule has 15 rings (SSSR count). The number of benzene rings is 10. The van der Waals surface area contributed by atoms with E-state index in [1.807, 2.05) is 0 Å². The molecule has 8 nitrogen and oxygen atoms in total. The highest BCUT2D eigenvalue weighted by Gasteiger charge is 2.77. The summed E-state index contributed by atoms with van der Waals surface area (Å²) in [7, 11) is -7.51. The summed E-state index contributed by atoms with van der Waals surface area (Å²) in [6, 6.07) is 104. The summed E-state index contributed by atoms with van der Waals surface area (Å²) in [5.74, 6) is 2.81. The Balaban J connectivity index is 1.12. The van der Waals surface area contributed by atoms with Gasteiger partial charge in [0.05, 0.1) is 33.5 Å². The minimum absolute atomic E-state index is 0.630. The minimum Gasteiger partial charge on any atom is -0.346 e. The van der Waals surface area contributed by atoms with E-state index in [0.29, 0.717) is 11.9 Å². The molecule has 1 fully saturated rings. The second kappa shape index (κ2) is 18.4. The SMILES string of the molecule is c1ccc(-c2cc(-n3c4ccccc4c4ccccc43)nc(N3[Si](c4ccccc4)(c4ccccc4)N(c4nc(-c5ccccc5)cc(-n5c6ccccc6c6ccccc65)n4)[Si]3(c3ccccc3)c3ccccc3)n2)cc1. The number of fused-ring (bicyclic) bond motifs is 6. The van der Waals surface area contributed by atoms with Crippen LogP contribution in [-0.2, 0) is 0 Å². The Hall–Kier alpha value is -10.0. The Bertz CT molecular complexity index is 4030.